The van der Waals surface area contributed by atoms with E-state index in [-0.39, 0.29) is 17.9 Å². The van der Waals surface area contributed by atoms with Crippen molar-refractivity contribution in [1.29, 1.82) is 0 Å². The third kappa shape index (κ3) is 4.68. The lowest BCUT2D eigenvalue weighted by atomic mass is 9.87. The number of hydrogen-bond acceptors (Lipinski definition) is 6. The second kappa shape index (κ2) is 7.55. The predicted octanol–water partition coefficient (Wildman–Crippen LogP) is 4.89. The van der Waals surface area contributed by atoms with Gasteiger partial charge in [0, 0.05) is 16.4 Å². The molecule has 0 fully saturated rings. The first-order chi connectivity index (χ1) is 12.3. The highest BCUT2D eigenvalue weighted by Gasteiger charge is 2.14. The van der Waals surface area contributed by atoms with Crippen molar-refractivity contribution in [3.63, 3.8) is 0 Å². The summed E-state index contributed by atoms with van der Waals surface area (Å²) in [6, 6.07) is 11.8. The summed E-state index contributed by atoms with van der Waals surface area (Å²) in [5.74, 6) is 1.05. The van der Waals surface area contributed by atoms with Gasteiger partial charge in [0.25, 0.3) is 5.91 Å². The molecule has 0 radical (unpaired) electrons. The van der Waals surface area contributed by atoms with Crippen LogP contribution >= 0.6 is 22.9 Å². The van der Waals surface area contributed by atoms with Gasteiger partial charge in [-0.1, -0.05) is 32.9 Å². The molecule has 1 aromatic carbocycles. The first-order valence-corrected chi connectivity index (χ1v) is 9.84. The van der Waals surface area contributed by atoms with E-state index < -0.39 is 0 Å². The maximum absolute atomic E-state index is 12.1. The molecule has 3 rings (SSSR count). The molecule has 0 unspecified atom stereocenters. The van der Waals surface area contributed by atoms with Crippen molar-refractivity contribution in [2.45, 2.75) is 33.1 Å². The summed E-state index contributed by atoms with van der Waals surface area (Å²) in [6.45, 7) is 8.44. The maximum atomic E-state index is 12.1. The van der Waals surface area contributed by atoms with Crippen molar-refractivity contribution in [3.8, 4) is 16.5 Å². The minimum Gasteiger partial charge on any atom is -0.484 e. The Labute approximate surface area is 161 Å². The van der Waals surface area contributed by atoms with Crippen LogP contribution in [0, 0.1) is 6.92 Å². The highest BCUT2D eigenvalue weighted by molar-refractivity contribution is 7.15. The van der Waals surface area contributed by atoms with Crippen LogP contribution in [-0.2, 0) is 10.2 Å². The summed E-state index contributed by atoms with van der Waals surface area (Å²) in [6.07, 6.45) is 0. The zero-order valence-electron chi connectivity index (χ0n) is 15.2. The molecule has 0 spiro atoms. The molecular weight excluding hydrogens is 366 g/mol. The number of ether oxygens (including phenoxy) is 1. The number of benzene rings is 1. The predicted molar refractivity (Wildman–Crippen MR) is 107 cm³/mol. The van der Waals surface area contributed by atoms with Gasteiger partial charge in [0.05, 0.1) is 4.88 Å². The van der Waals surface area contributed by atoms with E-state index in [4.69, 9.17) is 4.74 Å². The Bertz CT molecular complexity index is 892. The quantitative estimate of drug-likeness (QED) is 0.677. The Kier molecular flexibility index (Phi) is 5.38. The number of hydrogen-bond donors (Lipinski definition) is 1. The molecule has 7 heteroatoms. The van der Waals surface area contributed by atoms with E-state index in [2.05, 4.69) is 35.4 Å². The van der Waals surface area contributed by atoms with Crippen LogP contribution in [-0.4, -0.2) is 21.9 Å². The topological polar surface area (TPSA) is 64.1 Å². The van der Waals surface area contributed by atoms with Crippen LogP contribution in [0.5, 0.6) is 5.75 Å². The number of amides is 1. The van der Waals surface area contributed by atoms with Gasteiger partial charge >= 0.3 is 0 Å². The number of carbonyl (C=O) groups is 1. The average Bonchev–Trinajstić information content (AvgIpc) is 3.21. The average molecular weight is 388 g/mol. The zero-order valence-corrected chi connectivity index (χ0v) is 16.8. The van der Waals surface area contributed by atoms with Crippen LogP contribution in [0.3, 0.4) is 0 Å². The number of rotatable bonds is 5. The number of nitrogens with one attached hydrogen (secondary N) is 1. The molecular formula is C19H21N3O2S2. The van der Waals surface area contributed by atoms with E-state index in [1.807, 2.05) is 43.3 Å². The molecule has 0 aliphatic carbocycles. The zero-order chi connectivity index (χ0) is 18.7. The maximum Gasteiger partial charge on any atom is 0.264 e. The molecule has 0 saturated heterocycles. The number of aryl methyl sites for hydroxylation is 1. The molecule has 0 saturated carbocycles. The number of carbonyl (C=O) groups excluding carboxylic acids is 1. The highest BCUT2D eigenvalue weighted by Crippen LogP contribution is 2.28. The Hall–Kier alpha value is -2.25. The number of aromatic nitrogens is 2. The van der Waals surface area contributed by atoms with E-state index in [0.717, 1.165) is 4.88 Å². The van der Waals surface area contributed by atoms with Gasteiger partial charge < -0.3 is 4.74 Å². The van der Waals surface area contributed by atoms with Crippen molar-refractivity contribution in [1.82, 2.24) is 9.36 Å². The van der Waals surface area contributed by atoms with Gasteiger partial charge in [-0.3, -0.25) is 10.1 Å². The Morgan fingerprint density at radius 3 is 2.50 bits per heavy atom. The SMILES string of the molecule is Cc1ccc(-c2nsc(NC(=O)COc3ccc(C(C)(C)C)cc3)n2)s1. The summed E-state index contributed by atoms with van der Waals surface area (Å²) in [4.78, 5) is 18.6. The van der Waals surface area contributed by atoms with E-state index >= 15 is 0 Å². The van der Waals surface area contributed by atoms with Gasteiger partial charge in [-0.25, -0.2) is 0 Å². The molecule has 0 atom stereocenters. The fourth-order valence-electron chi connectivity index (χ4n) is 2.28. The molecule has 1 N–H and O–H groups in total. The van der Waals surface area contributed by atoms with Crippen LogP contribution in [0.1, 0.15) is 31.2 Å². The summed E-state index contributed by atoms with van der Waals surface area (Å²) in [7, 11) is 0. The lowest BCUT2D eigenvalue weighted by Gasteiger charge is -2.19. The first kappa shape index (κ1) is 18.5. The molecule has 0 aliphatic heterocycles. The second-order valence-corrected chi connectivity index (χ2v) is 8.98. The molecule has 2 aromatic heterocycles. The number of nitrogens with zero attached hydrogens (tertiary/aromatic N) is 2. The third-order valence-electron chi connectivity index (χ3n) is 3.72. The van der Waals surface area contributed by atoms with Crippen molar-refractivity contribution >= 4 is 33.9 Å². The third-order valence-corrected chi connectivity index (χ3v) is 5.35. The molecule has 2 heterocycles. The fraction of sp³-hybridized carbons (Fsp3) is 0.316. The fourth-order valence-corrected chi connectivity index (χ4v) is 3.74. The Morgan fingerprint density at radius 1 is 1.15 bits per heavy atom. The molecule has 1 amide bonds. The van der Waals surface area contributed by atoms with Gasteiger partial charge in [-0.15, -0.1) is 11.3 Å². The van der Waals surface area contributed by atoms with E-state index in [0.29, 0.717) is 16.7 Å². The highest BCUT2D eigenvalue weighted by atomic mass is 32.1. The Balaban J connectivity index is 1.54. The summed E-state index contributed by atoms with van der Waals surface area (Å²) in [5.41, 5.74) is 1.31. The van der Waals surface area contributed by atoms with Crippen molar-refractivity contribution in [3.05, 3.63) is 46.8 Å². The summed E-state index contributed by atoms with van der Waals surface area (Å²) < 4.78 is 9.84. The molecule has 5 nitrogen and oxygen atoms in total. The molecule has 0 aliphatic rings. The van der Waals surface area contributed by atoms with E-state index in [9.17, 15) is 4.79 Å². The molecule has 136 valence electrons. The normalized spacial score (nSPS) is 11.4. The van der Waals surface area contributed by atoms with E-state index in [1.165, 1.54) is 22.0 Å². The smallest absolute Gasteiger partial charge is 0.264 e. The summed E-state index contributed by atoms with van der Waals surface area (Å²) in [5, 5.41) is 3.21. The van der Waals surface area contributed by atoms with Crippen molar-refractivity contribution in [2.24, 2.45) is 0 Å². The Morgan fingerprint density at radius 2 is 1.88 bits per heavy atom. The van der Waals surface area contributed by atoms with Crippen LogP contribution in [0.4, 0.5) is 5.13 Å². The first-order valence-electron chi connectivity index (χ1n) is 8.25. The van der Waals surface area contributed by atoms with Crippen LogP contribution < -0.4 is 10.1 Å². The van der Waals surface area contributed by atoms with Gasteiger partial charge in [0.15, 0.2) is 12.4 Å². The van der Waals surface area contributed by atoms with Crippen molar-refractivity contribution in [2.75, 3.05) is 11.9 Å². The van der Waals surface area contributed by atoms with Crippen LogP contribution in [0.15, 0.2) is 36.4 Å². The molecule has 3 aromatic rings. The monoisotopic (exact) mass is 387 g/mol. The largest absolute Gasteiger partial charge is 0.484 e. The van der Waals surface area contributed by atoms with Gasteiger partial charge in [0.1, 0.15) is 5.75 Å². The van der Waals surface area contributed by atoms with Gasteiger partial charge in [-0.05, 0) is 42.2 Å². The molecule has 26 heavy (non-hydrogen) atoms. The minimum absolute atomic E-state index is 0.0676. The minimum atomic E-state index is -0.255. The van der Waals surface area contributed by atoms with Gasteiger partial charge in [0.2, 0.25) is 5.13 Å². The molecule has 0 bridgehead atoms. The van der Waals surface area contributed by atoms with Crippen LogP contribution in [0.25, 0.3) is 10.7 Å². The lowest BCUT2D eigenvalue weighted by molar-refractivity contribution is -0.118. The van der Waals surface area contributed by atoms with Gasteiger partial charge in [-0.2, -0.15) is 9.36 Å². The lowest BCUT2D eigenvalue weighted by Crippen LogP contribution is -2.20. The summed E-state index contributed by atoms with van der Waals surface area (Å²) >= 11 is 2.79. The number of anilines is 1. The van der Waals surface area contributed by atoms with Crippen molar-refractivity contribution < 1.29 is 9.53 Å². The standard InChI is InChI=1S/C19H21N3O2S2/c1-12-5-10-15(25-12)17-21-18(26-22-17)20-16(23)11-24-14-8-6-13(7-9-14)19(2,3)4/h5-10H,11H2,1-4H3,(H,20,21,22,23). The van der Waals surface area contributed by atoms with Crippen LogP contribution in [0.2, 0.25) is 0 Å². The van der Waals surface area contributed by atoms with E-state index in [1.54, 1.807) is 11.3 Å². The second-order valence-electron chi connectivity index (χ2n) is 6.94. The number of thiophene rings is 1.